The SMILES string of the molecule is COC(=O)c1ccc(CCCN2C(=O)C(F)(F)C[C@@H]2C=C[C@@H](O)[C@@H](C)CCCc2ccccc2)s1. The molecule has 0 spiro atoms. The number of aliphatic hydroxyl groups excluding tert-OH is 1. The Balaban J connectivity index is 1.51. The molecule has 0 radical (unpaired) electrons. The van der Waals surface area contributed by atoms with Gasteiger partial charge in [-0.25, -0.2) is 4.79 Å². The molecule has 1 saturated heterocycles. The van der Waals surface area contributed by atoms with Gasteiger partial charge in [-0.1, -0.05) is 49.4 Å². The van der Waals surface area contributed by atoms with Crippen molar-refractivity contribution in [2.45, 2.75) is 63.5 Å². The number of likely N-dealkylation sites (tertiary alicyclic amines) is 1. The van der Waals surface area contributed by atoms with Gasteiger partial charge in [0.15, 0.2) is 0 Å². The molecule has 0 saturated carbocycles. The minimum absolute atomic E-state index is 0.0242. The summed E-state index contributed by atoms with van der Waals surface area (Å²) in [5.74, 6) is -5.00. The van der Waals surface area contributed by atoms with Crippen LogP contribution in [-0.2, 0) is 22.4 Å². The summed E-state index contributed by atoms with van der Waals surface area (Å²) in [6, 6.07) is 12.9. The van der Waals surface area contributed by atoms with Gasteiger partial charge in [0, 0.05) is 17.8 Å². The number of benzene rings is 1. The van der Waals surface area contributed by atoms with E-state index in [4.69, 9.17) is 4.74 Å². The molecule has 8 heteroatoms. The Labute approximate surface area is 209 Å². The maximum Gasteiger partial charge on any atom is 0.348 e. The number of thiophene rings is 1. The van der Waals surface area contributed by atoms with E-state index in [1.807, 2.05) is 31.2 Å². The molecule has 35 heavy (non-hydrogen) atoms. The maximum absolute atomic E-state index is 14.2. The standard InChI is InChI=1S/C27H33F2NO4S/c1-19(8-6-11-20-9-4-3-5-10-20)23(31)15-13-21-18-27(28,29)26(33)30(21)17-7-12-22-14-16-24(35-22)25(32)34-2/h3-5,9-10,13-16,19,21,23,31H,6-8,11-12,17-18H2,1-2H3/t19-,21-,23+/m0/s1. The zero-order chi connectivity index (χ0) is 25.4. The Morgan fingerprint density at radius 2 is 1.97 bits per heavy atom. The largest absolute Gasteiger partial charge is 0.465 e. The summed E-state index contributed by atoms with van der Waals surface area (Å²) in [6.07, 6.45) is 5.47. The van der Waals surface area contributed by atoms with E-state index in [-0.39, 0.29) is 12.5 Å². The molecule has 0 aliphatic carbocycles. The molecule has 2 heterocycles. The second-order valence-electron chi connectivity index (χ2n) is 9.07. The molecule has 1 fully saturated rings. The first-order valence-electron chi connectivity index (χ1n) is 12.0. The van der Waals surface area contributed by atoms with Crippen molar-refractivity contribution in [3.8, 4) is 0 Å². The smallest absolute Gasteiger partial charge is 0.348 e. The van der Waals surface area contributed by atoms with Crippen molar-refractivity contribution in [2.24, 2.45) is 5.92 Å². The molecule has 3 rings (SSSR count). The van der Waals surface area contributed by atoms with Gasteiger partial charge in [0.25, 0.3) is 5.91 Å². The van der Waals surface area contributed by atoms with Crippen LogP contribution in [0.2, 0.25) is 0 Å². The fourth-order valence-corrected chi connectivity index (χ4v) is 5.25. The van der Waals surface area contributed by atoms with Crippen LogP contribution in [0.25, 0.3) is 0 Å². The van der Waals surface area contributed by atoms with Crippen LogP contribution in [0.3, 0.4) is 0 Å². The highest BCUT2D eigenvalue weighted by atomic mass is 32.1. The summed E-state index contributed by atoms with van der Waals surface area (Å²) >= 11 is 1.30. The number of alkyl halides is 2. The summed E-state index contributed by atoms with van der Waals surface area (Å²) in [5, 5.41) is 10.5. The number of nitrogens with zero attached hydrogens (tertiary/aromatic N) is 1. The Kier molecular flexibility index (Phi) is 9.57. The van der Waals surface area contributed by atoms with Gasteiger partial charge in [0.05, 0.1) is 19.3 Å². The van der Waals surface area contributed by atoms with E-state index in [2.05, 4.69) is 12.1 Å². The number of ether oxygens (including phenoxy) is 1. The monoisotopic (exact) mass is 505 g/mol. The van der Waals surface area contributed by atoms with Gasteiger partial charge < -0.3 is 14.7 Å². The fraction of sp³-hybridized carbons (Fsp3) is 0.481. The number of carbonyl (C=O) groups is 2. The Hall–Kier alpha value is -2.58. The zero-order valence-electron chi connectivity index (χ0n) is 20.2. The van der Waals surface area contributed by atoms with Gasteiger partial charge >= 0.3 is 11.9 Å². The van der Waals surface area contributed by atoms with Gasteiger partial charge in [-0.15, -0.1) is 11.3 Å². The lowest BCUT2D eigenvalue weighted by atomic mass is 9.95. The van der Waals surface area contributed by atoms with Crippen LogP contribution < -0.4 is 0 Å². The normalized spacial score (nSPS) is 19.3. The van der Waals surface area contributed by atoms with E-state index >= 15 is 0 Å². The van der Waals surface area contributed by atoms with Gasteiger partial charge in [-0.3, -0.25) is 4.79 Å². The van der Waals surface area contributed by atoms with Crippen LogP contribution in [0.15, 0.2) is 54.6 Å². The fourth-order valence-electron chi connectivity index (χ4n) is 4.28. The number of carbonyl (C=O) groups excluding carboxylic acids is 2. The molecular formula is C27H33F2NO4S. The lowest BCUT2D eigenvalue weighted by Gasteiger charge is -2.22. The lowest BCUT2D eigenvalue weighted by Crippen LogP contribution is -2.36. The number of methoxy groups -OCH3 is 1. The van der Waals surface area contributed by atoms with E-state index in [1.54, 1.807) is 18.2 Å². The van der Waals surface area contributed by atoms with Crippen LogP contribution in [-0.4, -0.2) is 53.6 Å². The molecule has 0 bridgehead atoms. The average Bonchev–Trinajstić information content (AvgIpc) is 3.40. The predicted octanol–water partition coefficient (Wildman–Crippen LogP) is 5.28. The molecule has 0 unspecified atom stereocenters. The number of esters is 1. The van der Waals surface area contributed by atoms with Crippen LogP contribution in [0.4, 0.5) is 8.78 Å². The van der Waals surface area contributed by atoms with E-state index in [0.717, 1.165) is 24.1 Å². The number of aliphatic hydroxyl groups is 1. The highest BCUT2D eigenvalue weighted by Gasteiger charge is 2.52. The first-order chi connectivity index (χ1) is 16.7. The Morgan fingerprint density at radius 1 is 1.23 bits per heavy atom. The Bertz CT molecular complexity index is 1010. The van der Waals surface area contributed by atoms with Crippen LogP contribution in [0.1, 0.15) is 52.7 Å². The first-order valence-corrected chi connectivity index (χ1v) is 12.8. The second-order valence-corrected chi connectivity index (χ2v) is 10.2. The molecule has 1 amide bonds. The topological polar surface area (TPSA) is 66.8 Å². The minimum atomic E-state index is -3.40. The molecule has 1 aliphatic rings. The third kappa shape index (κ3) is 7.45. The number of hydrogen-bond donors (Lipinski definition) is 1. The van der Waals surface area contributed by atoms with Crippen molar-refractivity contribution in [1.29, 1.82) is 0 Å². The van der Waals surface area contributed by atoms with Crippen LogP contribution in [0, 0.1) is 5.92 Å². The van der Waals surface area contributed by atoms with Crippen LogP contribution >= 0.6 is 11.3 Å². The van der Waals surface area contributed by atoms with E-state index < -0.39 is 36.4 Å². The molecule has 190 valence electrons. The van der Waals surface area contributed by atoms with Gasteiger partial charge in [0.1, 0.15) is 4.88 Å². The van der Waals surface area contributed by atoms with Crippen molar-refractivity contribution < 1.29 is 28.2 Å². The highest BCUT2D eigenvalue weighted by Crippen LogP contribution is 2.34. The molecule has 1 aliphatic heterocycles. The maximum atomic E-state index is 14.2. The van der Waals surface area contributed by atoms with Gasteiger partial charge in [-0.05, 0) is 55.7 Å². The number of hydrogen-bond acceptors (Lipinski definition) is 5. The molecule has 1 N–H and O–H groups in total. The van der Waals surface area contributed by atoms with Crippen molar-refractivity contribution in [3.05, 3.63) is 69.9 Å². The Morgan fingerprint density at radius 3 is 2.69 bits per heavy atom. The van der Waals surface area contributed by atoms with E-state index in [1.165, 1.54) is 28.9 Å². The number of halogens is 2. The molecule has 2 aromatic rings. The molecule has 5 nitrogen and oxygen atoms in total. The summed E-state index contributed by atoms with van der Waals surface area (Å²) < 4.78 is 33.1. The van der Waals surface area contributed by atoms with Crippen LogP contribution in [0.5, 0.6) is 0 Å². The molecule has 3 atom stereocenters. The number of aryl methyl sites for hydroxylation is 2. The lowest BCUT2D eigenvalue weighted by molar-refractivity contribution is -0.148. The quantitative estimate of drug-likeness (QED) is 0.315. The number of amides is 1. The second kappa shape index (κ2) is 12.4. The van der Waals surface area contributed by atoms with E-state index in [9.17, 15) is 23.5 Å². The minimum Gasteiger partial charge on any atom is -0.465 e. The molecular weight excluding hydrogens is 472 g/mol. The third-order valence-corrected chi connectivity index (χ3v) is 7.52. The van der Waals surface area contributed by atoms with Gasteiger partial charge in [0.2, 0.25) is 0 Å². The third-order valence-electron chi connectivity index (χ3n) is 6.39. The van der Waals surface area contributed by atoms with Gasteiger partial charge in [-0.2, -0.15) is 8.78 Å². The van der Waals surface area contributed by atoms with Crippen molar-refractivity contribution in [3.63, 3.8) is 0 Å². The number of rotatable bonds is 12. The van der Waals surface area contributed by atoms with Crippen molar-refractivity contribution in [1.82, 2.24) is 4.90 Å². The summed E-state index contributed by atoms with van der Waals surface area (Å²) in [6.45, 7) is 2.12. The van der Waals surface area contributed by atoms with Crippen molar-refractivity contribution >= 4 is 23.2 Å². The van der Waals surface area contributed by atoms with E-state index in [0.29, 0.717) is 17.7 Å². The summed E-state index contributed by atoms with van der Waals surface area (Å²) in [5.41, 5.74) is 1.25. The predicted molar refractivity (Wildman–Crippen MR) is 133 cm³/mol. The molecule has 1 aromatic heterocycles. The first kappa shape index (κ1) is 27.0. The summed E-state index contributed by atoms with van der Waals surface area (Å²) in [4.78, 5) is 26.5. The average molecular weight is 506 g/mol. The molecule has 1 aromatic carbocycles. The summed E-state index contributed by atoms with van der Waals surface area (Å²) in [7, 11) is 1.32. The highest BCUT2D eigenvalue weighted by molar-refractivity contribution is 7.13. The zero-order valence-corrected chi connectivity index (χ0v) is 21.0. The van der Waals surface area contributed by atoms with Crippen molar-refractivity contribution in [2.75, 3.05) is 13.7 Å².